The van der Waals surface area contributed by atoms with E-state index >= 15 is 0 Å². The molecule has 1 aromatic carbocycles. The zero-order chi connectivity index (χ0) is 15.5. The highest BCUT2D eigenvalue weighted by molar-refractivity contribution is 7.09. The number of nitrogens with one attached hydrogen (secondary N) is 1. The van der Waals surface area contributed by atoms with E-state index in [1.807, 2.05) is 43.5 Å². The van der Waals surface area contributed by atoms with E-state index in [0.717, 1.165) is 33.6 Å². The molecule has 3 aromatic rings. The van der Waals surface area contributed by atoms with E-state index in [4.69, 9.17) is 0 Å². The monoisotopic (exact) mass is 311 g/mol. The van der Waals surface area contributed by atoms with Gasteiger partial charge in [0, 0.05) is 35.6 Å². The van der Waals surface area contributed by atoms with E-state index in [2.05, 4.69) is 15.3 Å². The summed E-state index contributed by atoms with van der Waals surface area (Å²) in [5.41, 5.74) is 3.51. The van der Waals surface area contributed by atoms with Crippen LogP contribution in [-0.2, 0) is 6.42 Å². The number of pyridine rings is 1. The average molecular weight is 311 g/mol. The molecule has 0 fully saturated rings. The lowest BCUT2D eigenvalue weighted by Crippen LogP contribution is -2.26. The molecule has 0 atom stereocenters. The lowest BCUT2D eigenvalue weighted by molar-refractivity contribution is 0.0955. The van der Waals surface area contributed by atoms with Crippen LogP contribution in [0.15, 0.2) is 35.8 Å². The maximum absolute atomic E-state index is 12.5. The number of aryl methyl sites for hydroxylation is 2. The normalized spacial score (nSPS) is 10.8. The van der Waals surface area contributed by atoms with Gasteiger partial charge in [-0.05, 0) is 32.0 Å². The molecule has 1 N–H and O–H groups in total. The Morgan fingerprint density at radius 1 is 1.27 bits per heavy atom. The molecule has 0 radical (unpaired) electrons. The number of fused-ring (bicyclic) bond motifs is 1. The van der Waals surface area contributed by atoms with Gasteiger partial charge in [0.25, 0.3) is 5.91 Å². The minimum Gasteiger partial charge on any atom is -0.352 e. The van der Waals surface area contributed by atoms with Crippen molar-refractivity contribution in [1.29, 1.82) is 0 Å². The van der Waals surface area contributed by atoms with Crippen LogP contribution in [0, 0.1) is 13.8 Å². The van der Waals surface area contributed by atoms with Gasteiger partial charge in [-0.15, -0.1) is 11.3 Å². The van der Waals surface area contributed by atoms with Crippen LogP contribution in [-0.4, -0.2) is 22.4 Å². The molecule has 1 amide bonds. The van der Waals surface area contributed by atoms with Crippen molar-refractivity contribution in [2.45, 2.75) is 20.3 Å². The van der Waals surface area contributed by atoms with Crippen LogP contribution in [0.4, 0.5) is 0 Å². The van der Waals surface area contributed by atoms with Gasteiger partial charge >= 0.3 is 0 Å². The van der Waals surface area contributed by atoms with E-state index < -0.39 is 0 Å². The van der Waals surface area contributed by atoms with Gasteiger partial charge in [0.05, 0.1) is 16.1 Å². The fraction of sp³-hybridized carbons (Fsp3) is 0.235. The molecule has 0 aliphatic rings. The largest absolute Gasteiger partial charge is 0.352 e. The number of carbonyl (C=O) groups is 1. The van der Waals surface area contributed by atoms with Crippen molar-refractivity contribution in [2.24, 2.45) is 0 Å². The van der Waals surface area contributed by atoms with Gasteiger partial charge in [-0.3, -0.25) is 9.78 Å². The van der Waals surface area contributed by atoms with Gasteiger partial charge in [0.2, 0.25) is 0 Å². The first-order chi connectivity index (χ1) is 10.6. The summed E-state index contributed by atoms with van der Waals surface area (Å²) in [6.45, 7) is 4.51. The highest BCUT2D eigenvalue weighted by Gasteiger charge is 2.12. The summed E-state index contributed by atoms with van der Waals surface area (Å²) in [6, 6.07) is 7.83. The summed E-state index contributed by atoms with van der Waals surface area (Å²) in [7, 11) is 0. The smallest absolute Gasteiger partial charge is 0.252 e. The average Bonchev–Trinajstić information content (AvgIpc) is 3.00. The first kappa shape index (κ1) is 14.7. The lowest BCUT2D eigenvalue weighted by atomic mass is 10.0. The Bertz CT molecular complexity index is 812. The summed E-state index contributed by atoms with van der Waals surface area (Å²) >= 11 is 1.60. The molecule has 0 aliphatic heterocycles. The van der Waals surface area contributed by atoms with Crippen molar-refractivity contribution >= 4 is 28.1 Å². The lowest BCUT2D eigenvalue weighted by Gasteiger charge is -2.09. The van der Waals surface area contributed by atoms with Gasteiger partial charge in [0.15, 0.2) is 0 Å². The first-order valence-electron chi connectivity index (χ1n) is 7.18. The van der Waals surface area contributed by atoms with E-state index in [0.29, 0.717) is 12.1 Å². The molecule has 5 heteroatoms. The van der Waals surface area contributed by atoms with Crippen molar-refractivity contribution in [3.63, 3.8) is 0 Å². The van der Waals surface area contributed by atoms with Crippen LogP contribution < -0.4 is 5.32 Å². The number of hydrogen-bond donors (Lipinski definition) is 1. The minimum absolute atomic E-state index is 0.0577. The Kier molecular flexibility index (Phi) is 4.15. The Morgan fingerprint density at radius 2 is 2.14 bits per heavy atom. The van der Waals surface area contributed by atoms with Crippen molar-refractivity contribution in [3.8, 4) is 0 Å². The zero-order valence-corrected chi connectivity index (χ0v) is 13.4. The van der Waals surface area contributed by atoms with Crippen LogP contribution in [0.25, 0.3) is 10.9 Å². The predicted molar refractivity (Wildman–Crippen MR) is 89.4 cm³/mol. The number of hydrogen-bond acceptors (Lipinski definition) is 4. The van der Waals surface area contributed by atoms with Crippen LogP contribution in [0.2, 0.25) is 0 Å². The Labute approximate surface area is 133 Å². The molecule has 112 valence electrons. The number of rotatable bonds is 4. The second-order valence-electron chi connectivity index (χ2n) is 5.26. The van der Waals surface area contributed by atoms with Crippen LogP contribution in [0.3, 0.4) is 0 Å². The Morgan fingerprint density at radius 3 is 2.91 bits per heavy atom. The topological polar surface area (TPSA) is 54.9 Å². The summed E-state index contributed by atoms with van der Waals surface area (Å²) in [4.78, 5) is 21.2. The molecule has 2 aromatic heterocycles. The number of thiazole rings is 1. The Balaban J connectivity index is 1.82. The molecule has 22 heavy (non-hydrogen) atoms. The molecule has 2 heterocycles. The second kappa shape index (κ2) is 6.23. The fourth-order valence-corrected chi connectivity index (χ4v) is 3.03. The van der Waals surface area contributed by atoms with Crippen molar-refractivity contribution in [1.82, 2.24) is 15.3 Å². The molecule has 0 saturated heterocycles. The van der Waals surface area contributed by atoms with Crippen LogP contribution in [0.5, 0.6) is 0 Å². The van der Waals surface area contributed by atoms with Crippen molar-refractivity contribution < 1.29 is 4.79 Å². The molecule has 0 bridgehead atoms. The van der Waals surface area contributed by atoms with Crippen molar-refractivity contribution in [2.75, 3.05) is 6.54 Å². The standard InChI is InChI=1S/C17H17N3OS/c1-11-3-4-15-13(9-11)14(10-12(2)20-15)17(21)19-6-5-16-18-7-8-22-16/h3-4,7-10H,5-6H2,1-2H3,(H,19,21). The Hall–Kier alpha value is -2.27. The molecule has 0 unspecified atom stereocenters. The quantitative estimate of drug-likeness (QED) is 0.804. The van der Waals surface area contributed by atoms with E-state index in [-0.39, 0.29) is 5.91 Å². The molecular formula is C17H17N3OS. The van der Waals surface area contributed by atoms with Crippen LogP contribution >= 0.6 is 11.3 Å². The van der Waals surface area contributed by atoms with Gasteiger partial charge in [0.1, 0.15) is 0 Å². The summed E-state index contributed by atoms with van der Waals surface area (Å²) in [5.74, 6) is -0.0577. The predicted octanol–water partition coefficient (Wildman–Crippen LogP) is 3.28. The molecule has 4 nitrogen and oxygen atoms in total. The highest BCUT2D eigenvalue weighted by Crippen LogP contribution is 2.20. The maximum Gasteiger partial charge on any atom is 0.252 e. The minimum atomic E-state index is -0.0577. The highest BCUT2D eigenvalue weighted by atomic mass is 32.1. The van der Waals surface area contributed by atoms with Gasteiger partial charge in [-0.1, -0.05) is 11.6 Å². The third-order valence-electron chi connectivity index (χ3n) is 3.44. The fourth-order valence-electron chi connectivity index (χ4n) is 2.41. The number of carbonyl (C=O) groups excluding carboxylic acids is 1. The number of nitrogens with zero attached hydrogens (tertiary/aromatic N) is 2. The first-order valence-corrected chi connectivity index (χ1v) is 8.06. The molecule has 0 saturated carbocycles. The summed E-state index contributed by atoms with van der Waals surface area (Å²) < 4.78 is 0. The van der Waals surface area contributed by atoms with Gasteiger partial charge < -0.3 is 5.32 Å². The summed E-state index contributed by atoms with van der Waals surface area (Å²) in [5, 5.41) is 6.85. The third kappa shape index (κ3) is 3.14. The van der Waals surface area contributed by atoms with E-state index in [9.17, 15) is 4.79 Å². The molecule has 0 aliphatic carbocycles. The van der Waals surface area contributed by atoms with E-state index in [1.165, 1.54) is 0 Å². The molecule has 0 spiro atoms. The van der Waals surface area contributed by atoms with E-state index in [1.54, 1.807) is 17.5 Å². The third-order valence-corrected chi connectivity index (χ3v) is 4.28. The SMILES string of the molecule is Cc1ccc2nc(C)cc(C(=O)NCCc3nccs3)c2c1. The summed E-state index contributed by atoms with van der Waals surface area (Å²) in [6.07, 6.45) is 2.54. The number of benzene rings is 1. The zero-order valence-electron chi connectivity index (χ0n) is 12.6. The van der Waals surface area contributed by atoms with Gasteiger partial charge in [-0.25, -0.2) is 4.98 Å². The number of aromatic nitrogens is 2. The van der Waals surface area contributed by atoms with Crippen molar-refractivity contribution in [3.05, 3.63) is 57.7 Å². The van der Waals surface area contributed by atoms with Crippen LogP contribution in [0.1, 0.15) is 26.6 Å². The maximum atomic E-state index is 12.5. The molecule has 3 rings (SSSR count). The van der Waals surface area contributed by atoms with Gasteiger partial charge in [-0.2, -0.15) is 0 Å². The molecular weight excluding hydrogens is 294 g/mol. The number of amides is 1. The second-order valence-corrected chi connectivity index (χ2v) is 6.24.